The van der Waals surface area contributed by atoms with Gasteiger partial charge in [0, 0.05) is 19.8 Å². The first-order valence-corrected chi connectivity index (χ1v) is 6.04. The Morgan fingerprint density at radius 1 is 1.07 bits per heavy atom. The molecule has 15 heavy (non-hydrogen) atoms. The Hall–Kier alpha value is -0.120. The van der Waals surface area contributed by atoms with Crippen LogP contribution in [-0.2, 0) is 9.47 Å². The average Bonchev–Trinajstić information content (AvgIpc) is 2.17. The van der Waals surface area contributed by atoms with Gasteiger partial charge >= 0.3 is 0 Å². The lowest BCUT2D eigenvalue weighted by Crippen LogP contribution is -2.15. The van der Waals surface area contributed by atoms with E-state index in [9.17, 15) is 0 Å². The minimum Gasteiger partial charge on any atom is -0.393 e. The summed E-state index contributed by atoms with van der Waals surface area (Å²) < 4.78 is 11.0. The van der Waals surface area contributed by atoms with Crippen LogP contribution in [0.1, 0.15) is 46.5 Å². The lowest BCUT2D eigenvalue weighted by molar-refractivity contribution is 0.0170. The van der Waals surface area contributed by atoms with Gasteiger partial charge in [-0.1, -0.05) is 13.3 Å². The zero-order valence-corrected chi connectivity index (χ0v) is 10.4. The van der Waals surface area contributed by atoms with Crippen molar-refractivity contribution in [2.24, 2.45) is 0 Å². The molecule has 0 spiro atoms. The molecule has 0 fully saturated rings. The number of hydrogen-bond acceptors (Lipinski definition) is 3. The van der Waals surface area contributed by atoms with Gasteiger partial charge < -0.3 is 14.6 Å². The van der Waals surface area contributed by atoms with E-state index in [-0.39, 0.29) is 12.2 Å². The highest BCUT2D eigenvalue weighted by Gasteiger charge is 2.03. The van der Waals surface area contributed by atoms with Crippen molar-refractivity contribution in [3.05, 3.63) is 0 Å². The summed E-state index contributed by atoms with van der Waals surface area (Å²) in [6.07, 6.45) is 3.92. The number of aliphatic hydroxyl groups excluding tert-OH is 1. The molecule has 0 aromatic rings. The summed E-state index contributed by atoms with van der Waals surface area (Å²) in [6, 6.07) is 0. The number of aliphatic hydroxyl groups is 1. The van der Waals surface area contributed by atoms with Crippen molar-refractivity contribution in [3.8, 4) is 0 Å². The van der Waals surface area contributed by atoms with Crippen molar-refractivity contribution in [2.75, 3.05) is 19.8 Å². The molecule has 0 aromatic heterocycles. The lowest BCUT2D eigenvalue weighted by atomic mass is 10.3. The third kappa shape index (κ3) is 11.8. The van der Waals surface area contributed by atoms with Gasteiger partial charge in [-0.25, -0.2) is 0 Å². The summed E-state index contributed by atoms with van der Waals surface area (Å²) in [5, 5.41) is 9.03. The van der Waals surface area contributed by atoms with Crippen LogP contribution in [0, 0.1) is 0 Å². The van der Waals surface area contributed by atoms with Crippen LogP contribution in [0.5, 0.6) is 0 Å². The van der Waals surface area contributed by atoms with Gasteiger partial charge in [0.05, 0.1) is 12.2 Å². The summed E-state index contributed by atoms with van der Waals surface area (Å²) in [6.45, 7) is 8.25. The molecule has 0 aromatic carbocycles. The van der Waals surface area contributed by atoms with Crippen molar-refractivity contribution in [1.29, 1.82) is 0 Å². The molecular formula is C12H26O3. The van der Waals surface area contributed by atoms with Gasteiger partial charge in [-0.2, -0.15) is 0 Å². The second-order valence-corrected chi connectivity index (χ2v) is 4.07. The maximum absolute atomic E-state index is 9.03. The van der Waals surface area contributed by atoms with Crippen LogP contribution < -0.4 is 0 Å². The standard InChI is InChI=1S/C12H26O3/c1-4-5-8-14-9-7-12(3)15-10-6-11(2)13/h11-13H,4-10H2,1-3H3. The molecule has 0 saturated carbocycles. The molecule has 1 N–H and O–H groups in total. The van der Waals surface area contributed by atoms with Crippen LogP contribution in [0.2, 0.25) is 0 Å². The predicted octanol–water partition coefficient (Wildman–Crippen LogP) is 2.37. The van der Waals surface area contributed by atoms with E-state index in [0.29, 0.717) is 13.0 Å². The normalized spacial score (nSPS) is 15.2. The molecule has 2 unspecified atom stereocenters. The monoisotopic (exact) mass is 218 g/mol. The van der Waals surface area contributed by atoms with Crippen molar-refractivity contribution < 1.29 is 14.6 Å². The minimum absolute atomic E-state index is 0.227. The first-order valence-electron chi connectivity index (χ1n) is 6.04. The van der Waals surface area contributed by atoms with Gasteiger partial charge in [0.1, 0.15) is 0 Å². The second kappa shape index (κ2) is 10.4. The molecule has 3 nitrogen and oxygen atoms in total. The number of ether oxygens (including phenoxy) is 2. The van der Waals surface area contributed by atoms with Gasteiger partial charge in [-0.3, -0.25) is 0 Å². The Labute approximate surface area is 93.8 Å². The number of hydrogen-bond donors (Lipinski definition) is 1. The average molecular weight is 218 g/mol. The van der Waals surface area contributed by atoms with E-state index in [0.717, 1.165) is 26.1 Å². The molecule has 0 bridgehead atoms. The largest absolute Gasteiger partial charge is 0.393 e. The topological polar surface area (TPSA) is 38.7 Å². The highest BCUT2D eigenvalue weighted by molar-refractivity contribution is 4.51. The third-order valence-corrected chi connectivity index (χ3v) is 2.25. The van der Waals surface area contributed by atoms with Crippen LogP contribution in [-0.4, -0.2) is 37.1 Å². The van der Waals surface area contributed by atoms with Crippen LogP contribution in [0.3, 0.4) is 0 Å². The lowest BCUT2D eigenvalue weighted by Gasteiger charge is -2.13. The van der Waals surface area contributed by atoms with Crippen molar-refractivity contribution in [1.82, 2.24) is 0 Å². The molecule has 0 aliphatic heterocycles. The first-order chi connectivity index (χ1) is 7.16. The van der Waals surface area contributed by atoms with Crippen molar-refractivity contribution >= 4 is 0 Å². The van der Waals surface area contributed by atoms with Crippen LogP contribution >= 0.6 is 0 Å². The Bertz CT molecular complexity index is 126. The van der Waals surface area contributed by atoms with Crippen LogP contribution in [0.25, 0.3) is 0 Å². The molecule has 0 heterocycles. The highest BCUT2D eigenvalue weighted by Crippen LogP contribution is 2.01. The Balaban J connectivity index is 3.15. The van der Waals surface area contributed by atoms with Gasteiger partial charge in [0.2, 0.25) is 0 Å². The van der Waals surface area contributed by atoms with Gasteiger partial charge in [-0.05, 0) is 33.1 Å². The summed E-state index contributed by atoms with van der Waals surface area (Å²) in [5.74, 6) is 0. The van der Waals surface area contributed by atoms with Gasteiger partial charge in [0.15, 0.2) is 0 Å². The van der Waals surface area contributed by atoms with E-state index in [1.165, 1.54) is 6.42 Å². The zero-order valence-electron chi connectivity index (χ0n) is 10.4. The zero-order chi connectivity index (χ0) is 11.5. The van der Waals surface area contributed by atoms with E-state index in [1.54, 1.807) is 6.92 Å². The quantitative estimate of drug-likeness (QED) is 0.572. The highest BCUT2D eigenvalue weighted by atomic mass is 16.5. The van der Waals surface area contributed by atoms with Crippen LogP contribution in [0.15, 0.2) is 0 Å². The summed E-state index contributed by atoms with van der Waals surface area (Å²) in [7, 11) is 0. The van der Waals surface area contributed by atoms with E-state index in [1.807, 2.05) is 6.92 Å². The maximum atomic E-state index is 9.03. The Kier molecular flexibility index (Phi) is 10.3. The van der Waals surface area contributed by atoms with Crippen molar-refractivity contribution in [3.63, 3.8) is 0 Å². The van der Waals surface area contributed by atoms with E-state index in [2.05, 4.69) is 6.92 Å². The number of rotatable bonds is 10. The van der Waals surface area contributed by atoms with E-state index >= 15 is 0 Å². The Morgan fingerprint density at radius 3 is 2.40 bits per heavy atom. The molecule has 2 atom stereocenters. The van der Waals surface area contributed by atoms with Gasteiger partial charge in [0.25, 0.3) is 0 Å². The molecule has 3 heteroatoms. The minimum atomic E-state index is -0.266. The molecular weight excluding hydrogens is 192 g/mol. The fraction of sp³-hybridized carbons (Fsp3) is 1.00. The number of unbranched alkanes of at least 4 members (excludes halogenated alkanes) is 1. The summed E-state index contributed by atoms with van der Waals surface area (Å²) >= 11 is 0. The molecule has 0 rings (SSSR count). The fourth-order valence-corrected chi connectivity index (χ4v) is 1.12. The van der Waals surface area contributed by atoms with Crippen molar-refractivity contribution in [2.45, 2.75) is 58.7 Å². The maximum Gasteiger partial charge on any atom is 0.0568 e. The molecule has 0 aliphatic carbocycles. The van der Waals surface area contributed by atoms with Crippen LogP contribution in [0.4, 0.5) is 0 Å². The molecule has 0 amide bonds. The second-order valence-electron chi connectivity index (χ2n) is 4.07. The molecule has 0 saturated heterocycles. The van der Waals surface area contributed by atoms with Gasteiger partial charge in [-0.15, -0.1) is 0 Å². The molecule has 0 aliphatic rings. The smallest absolute Gasteiger partial charge is 0.0568 e. The summed E-state index contributed by atoms with van der Waals surface area (Å²) in [5.41, 5.74) is 0. The third-order valence-electron chi connectivity index (χ3n) is 2.25. The SMILES string of the molecule is CCCCOCCC(C)OCCC(C)O. The predicted molar refractivity (Wildman–Crippen MR) is 62.1 cm³/mol. The summed E-state index contributed by atoms with van der Waals surface area (Å²) in [4.78, 5) is 0. The molecule has 0 radical (unpaired) electrons. The van der Waals surface area contributed by atoms with E-state index < -0.39 is 0 Å². The Morgan fingerprint density at radius 2 is 1.80 bits per heavy atom. The fourth-order valence-electron chi connectivity index (χ4n) is 1.12. The first kappa shape index (κ1) is 14.9. The molecule has 92 valence electrons. The van der Waals surface area contributed by atoms with E-state index in [4.69, 9.17) is 14.6 Å².